The Kier molecular flexibility index (Phi) is 4.88. The standard InChI is InChI=1S/C12H19N3O3/c1-4-9(12(17)18)7-14-10-11(16)15(8(2)3)6-5-13-10/h5-6,8-9H,4,7H2,1-3H3,(H,13,14)(H,17,18). The molecule has 6 nitrogen and oxygen atoms in total. The molecule has 0 radical (unpaired) electrons. The van der Waals surface area contributed by atoms with Crippen LogP contribution < -0.4 is 10.9 Å². The van der Waals surface area contributed by atoms with Gasteiger partial charge in [-0.3, -0.25) is 9.59 Å². The summed E-state index contributed by atoms with van der Waals surface area (Å²) in [7, 11) is 0. The van der Waals surface area contributed by atoms with Gasteiger partial charge in [-0.15, -0.1) is 0 Å². The van der Waals surface area contributed by atoms with Gasteiger partial charge in [-0.25, -0.2) is 4.98 Å². The van der Waals surface area contributed by atoms with E-state index < -0.39 is 11.9 Å². The van der Waals surface area contributed by atoms with E-state index in [9.17, 15) is 9.59 Å². The molecular formula is C12H19N3O3. The Balaban J connectivity index is 2.83. The van der Waals surface area contributed by atoms with Gasteiger partial charge in [0.15, 0.2) is 5.82 Å². The van der Waals surface area contributed by atoms with Gasteiger partial charge in [-0.2, -0.15) is 0 Å². The van der Waals surface area contributed by atoms with E-state index >= 15 is 0 Å². The summed E-state index contributed by atoms with van der Waals surface area (Å²) in [6.07, 6.45) is 3.66. The SMILES string of the molecule is CCC(CNc1nccn(C(C)C)c1=O)C(=O)O. The molecule has 0 fully saturated rings. The highest BCUT2D eigenvalue weighted by atomic mass is 16.4. The lowest BCUT2D eigenvalue weighted by atomic mass is 10.1. The summed E-state index contributed by atoms with van der Waals surface area (Å²) in [6, 6.07) is 0.0440. The first kappa shape index (κ1) is 14.2. The van der Waals surface area contributed by atoms with Crippen molar-refractivity contribution in [3.63, 3.8) is 0 Å². The lowest BCUT2D eigenvalue weighted by molar-refractivity contribution is -0.141. The van der Waals surface area contributed by atoms with Gasteiger partial charge in [-0.1, -0.05) is 6.92 Å². The molecule has 1 atom stereocenters. The molecule has 6 heteroatoms. The van der Waals surface area contributed by atoms with Crippen LogP contribution in [0.1, 0.15) is 33.2 Å². The number of carboxylic acid groups (broad SMARTS) is 1. The molecule has 1 heterocycles. The summed E-state index contributed by atoms with van der Waals surface area (Å²) in [4.78, 5) is 26.8. The molecule has 2 N–H and O–H groups in total. The van der Waals surface area contributed by atoms with E-state index in [1.165, 1.54) is 6.20 Å². The molecule has 0 aromatic carbocycles. The number of carbonyl (C=O) groups is 1. The van der Waals surface area contributed by atoms with Gasteiger partial charge in [0.2, 0.25) is 0 Å². The minimum atomic E-state index is -0.870. The number of hydrogen-bond donors (Lipinski definition) is 2. The molecule has 18 heavy (non-hydrogen) atoms. The third-order valence-electron chi connectivity index (χ3n) is 2.78. The van der Waals surface area contributed by atoms with E-state index in [1.807, 2.05) is 13.8 Å². The molecule has 0 aliphatic rings. The smallest absolute Gasteiger partial charge is 0.308 e. The fourth-order valence-electron chi connectivity index (χ4n) is 1.58. The van der Waals surface area contributed by atoms with Crippen molar-refractivity contribution in [2.45, 2.75) is 33.2 Å². The topological polar surface area (TPSA) is 84.2 Å². The third kappa shape index (κ3) is 3.32. The summed E-state index contributed by atoms with van der Waals surface area (Å²) in [5, 5.41) is 11.7. The second-order valence-corrected chi connectivity index (χ2v) is 4.41. The molecule has 0 aliphatic carbocycles. The summed E-state index contributed by atoms with van der Waals surface area (Å²) < 4.78 is 1.55. The lowest BCUT2D eigenvalue weighted by Crippen LogP contribution is -2.29. The molecule has 1 unspecified atom stereocenters. The minimum Gasteiger partial charge on any atom is -0.481 e. The predicted octanol–water partition coefficient (Wildman–Crippen LogP) is 1.35. The molecule has 0 bridgehead atoms. The van der Waals surface area contributed by atoms with Crippen LogP contribution in [0.5, 0.6) is 0 Å². The van der Waals surface area contributed by atoms with Crippen molar-refractivity contribution < 1.29 is 9.90 Å². The van der Waals surface area contributed by atoms with Gasteiger partial charge in [0.05, 0.1) is 5.92 Å². The first-order valence-corrected chi connectivity index (χ1v) is 6.01. The predicted molar refractivity (Wildman–Crippen MR) is 68.8 cm³/mol. The number of nitrogens with zero attached hydrogens (tertiary/aromatic N) is 2. The van der Waals surface area contributed by atoms with Crippen molar-refractivity contribution in [2.24, 2.45) is 5.92 Å². The summed E-state index contributed by atoms with van der Waals surface area (Å²) in [5.74, 6) is -1.19. The number of anilines is 1. The van der Waals surface area contributed by atoms with E-state index in [-0.39, 0.29) is 24.0 Å². The lowest BCUT2D eigenvalue weighted by Gasteiger charge is -2.13. The largest absolute Gasteiger partial charge is 0.481 e. The first-order valence-electron chi connectivity index (χ1n) is 6.01. The monoisotopic (exact) mass is 253 g/mol. The maximum Gasteiger partial charge on any atom is 0.308 e. The van der Waals surface area contributed by atoms with Gasteiger partial charge >= 0.3 is 5.97 Å². The Morgan fingerprint density at radius 2 is 2.22 bits per heavy atom. The molecule has 1 rings (SSSR count). The molecule has 0 saturated heterocycles. The maximum absolute atomic E-state index is 12.0. The summed E-state index contributed by atoms with van der Waals surface area (Å²) in [6.45, 7) is 5.80. The molecule has 0 amide bonds. The fourth-order valence-corrected chi connectivity index (χ4v) is 1.58. The van der Waals surface area contributed by atoms with Gasteiger partial charge < -0.3 is 15.0 Å². The van der Waals surface area contributed by atoms with Crippen molar-refractivity contribution in [3.8, 4) is 0 Å². The van der Waals surface area contributed by atoms with Crippen LogP contribution in [-0.2, 0) is 4.79 Å². The zero-order valence-corrected chi connectivity index (χ0v) is 10.9. The Labute approximate surface area is 106 Å². The Hall–Kier alpha value is -1.85. The minimum absolute atomic E-state index is 0.0440. The van der Waals surface area contributed by atoms with Crippen LogP contribution in [0.15, 0.2) is 17.2 Å². The number of nitrogens with one attached hydrogen (secondary N) is 1. The molecule has 1 aromatic rings. The molecular weight excluding hydrogens is 234 g/mol. The quantitative estimate of drug-likeness (QED) is 0.799. The fraction of sp³-hybridized carbons (Fsp3) is 0.583. The Morgan fingerprint density at radius 1 is 1.56 bits per heavy atom. The highest BCUT2D eigenvalue weighted by Crippen LogP contribution is 2.05. The summed E-state index contributed by atoms with van der Waals surface area (Å²) in [5.41, 5.74) is -0.229. The molecule has 0 aliphatic heterocycles. The average molecular weight is 253 g/mol. The van der Waals surface area contributed by atoms with Crippen molar-refractivity contribution >= 4 is 11.8 Å². The van der Waals surface area contributed by atoms with E-state index in [2.05, 4.69) is 10.3 Å². The zero-order chi connectivity index (χ0) is 13.7. The van der Waals surface area contributed by atoms with Gasteiger partial charge in [0.25, 0.3) is 5.56 Å². The normalized spacial score (nSPS) is 12.4. The number of carboxylic acids is 1. The van der Waals surface area contributed by atoms with Crippen molar-refractivity contribution in [2.75, 3.05) is 11.9 Å². The molecule has 0 saturated carbocycles. The van der Waals surface area contributed by atoms with Crippen molar-refractivity contribution in [3.05, 3.63) is 22.7 Å². The average Bonchev–Trinajstić information content (AvgIpc) is 2.31. The number of aromatic nitrogens is 2. The second-order valence-electron chi connectivity index (χ2n) is 4.41. The van der Waals surface area contributed by atoms with E-state index in [0.717, 1.165) is 0 Å². The third-order valence-corrected chi connectivity index (χ3v) is 2.78. The Morgan fingerprint density at radius 3 is 2.72 bits per heavy atom. The number of aliphatic carboxylic acids is 1. The zero-order valence-electron chi connectivity index (χ0n) is 10.9. The van der Waals surface area contributed by atoms with Gasteiger partial charge in [0, 0.05) is 25.0 Å². The number of hydrogen-bond acceptors (Lipinski definition) is 4. The highest BCUT2D eigenvalue weighted by Gasteiger charge is 2.16. The van der Waals surface area contributed by atoms with Crippen LogP contribution in [0, 0.1) is 5.92 Å². The molecule has 100 valence electrons. The highest BCUT2D eigenvalue weighted by molar-refractivity contribution is 5.70. The van der Waals surface area contributed by atoms with E-state index in [4.69, 9.17) is 5.11 Å². The van der Waals surface area contributed by atoms with Crippen molar-refractivity contribution in [1.29, 1.82) is 0 Å². The van der Waals surface area contributed by atoms with Crippen LogP contribution in [0.4, 0.5) is 5.82 Å². The second kappa shape index (κ2) is 6.18. The number of rotatable bonds is 6. The van der Waals surface area contributed by atoms with Crippen LogP contribution in [0.2, 0.25) is 0 Å². The van der Waals surface area contributed by atoms with Crippen LogP contribution >= 0.6 is 0 Å². The van der Waals surface area contributed by atoms with E-state index in [0.29, 0.717) is 6.42 Å². The van der Waals surface area contributed by atoms with Gasteiger partial charge in [-0.05, 0) is 20.3 Å². The van der Waals surface area contributed by atoms with Crippen molar-refractivity contribution in [1.82, 2.24) is 9.55 Å². The van der Waals surface area contributed by atoms with Crippen LogP contribution in [0.3, 0.4) is 0 Å². The summed E-state index contributed by atoms with van der Waals surface area (Å²) >= 11 is 0. The van der Waals surface area contributed by atoms with Gasteiger partial charge in [0.1, 0.15) is 0 Å². The molecule has 1 aromatic heterocycles. The molecule has 0 spiro atoms. The van der Waals surface area contributed by atoms with Crippen LogP contribution in [-0.4, -0.2) is 27.2 Å². The first-order chi connectivity index (χ1) is 8.47. The maximum atomic E-state index is 12.0. The van der Waals surface area contributed by atoms with E-state index in [1.54, 1.807) is 17.7 Å². The van der Waals surface area contributed by atoms with Crippen LogP contribution in [0.25, 0.3) is 0 Å². The Bertz CT molecular complexity index is 468.